The lowest BCUT2D eigenvalue weighted by Gasteiger charge is -2.15. The molecule has 5 nitrogen and oxygen atoms in total. The van der Waals surface area contributed by atoms with Crippen LogP contribution in [-0.2, 0) is 11.2 Å². The van der Waals surface area contributed by atoms with Crippen LogP contribution in [-0.4, -0.2) is 20.1 Å². The number of nitriles is 1. The summed E-state index contributed by atoms with van der Waals surface area (Å²) in [7, 11) is 3.06. The SMILES string of the molecule is COc1cccc(OC)c1CC(=O)N[C@@H](C#N)c1cccc(Cl)c1. The molecule has 1 amide bonds. The predicted octanol–water partition coefficient (Wildman–Crippen LogP) is 3.28. The van der Waals surface area contributed by atoms with E-state index in [-0.39, 0.29) is 12.3 Å². The Morgan fingerprint density at radius 1 is 1.21 bits per heavy atom. The lowest BCUT2D eigenvalue weighted by molar-refractivity contribution is -0.120. The van der Waals surface area contributed by atoms with E-state index in [9.17, 15) is 10.1 Å². The Labute approximate surface area is 145 Å². The van der Waals surface area contributed by atoms with Crippen molar-refractivity contribution in [1.82, 2.24) is 5.32 Å². The molecule has 6 heteroatoms. The molecule has 1 N–H and O–H groups in total. The van der Waals surface area contributed by atoms with E-state index in [1.807, 2.05) is 0 Å². The smallest absolute Gasteiger partial charge is 0.225 e. The quantitative estimate of drug-likeness (QED) is 0.873. The minimum Gasteiger partial charge on any atom is -0.496 e. The first-order valence-electron chi connectivity index (χ1n) is 7.23. The molecule has 24 heavy (non-hydrogen) atoms. The van der Waals surface area contributed by atoms with Gasteiger partial charge in [-0.1, -0.05) is 29.8 Å². The molecule has 0 aliphatic rings. The molecule has 0 aromatic heterocycles. The van der Waals surface area contributed by atoms with Gasteiger partial charge in [0.05, 0.1) is 26.7 Å². The molecule has 0 bridgehead atoms. The highest BCUT2D eigenvalue weighted by Gasteiger charge is 2.18. The first kappa shape index (κ1) is 17.6. The van der Waals surface area contributed by atoms with E-state index in [0.29, 0.717) is 27.6 Å². The minimum atomic E-state index is -0.781. The zero-order chi connectivity index (χ0) is 17.5. The van der Waals surface area contributed by atoms with Crippen LogP contribution in [0.2, 0.25) is 5.02 Å². The Balaban J connectivity index is 2.17. The third-order valence-electron chi connectivity index (χ3n) is 3.48. The maximum Gasteiger partial charge on any atom is 0.225 e. The molecule has 2 rings (SSSR count). The Morgan fingerprint density at radius 2 is 1.83 bits per heavy atom. The van der Waals surface area contributed by atoms with Gasteiger partial charge in [0.25, 0.3) is 0 Å². The Kier molecular flexibility index (Phi) is 6.05. The highest BCUT2D eigenvalue weighted by molar-refractivity contribution is 6.30. The van der Waals surface area contributed by atoms with Gasteiger partial charge < -0.3 is 14.8 Å². The maximum atomic E-state index is 12.4. The number of rotatable bonds is 6. The fourth-order valence-electron chi connectivity index (χ4n) is 2.35. The van der Waals surface area contributed by atoms with Gasteiger partial charge in [0.2, 0.25) is 5.91 Å². The average Bonchev–Trinajstić information content (AvgIpc) is 2.59. The molecule has 0 saturated heterocycles. The van der Waals surface area contributed by atoms with Gasteiger partial charge in [-0.3, -0.25) is 4.79 Å². The number of amides is 1. The summed E-state index contributed by atoms with van der Waals surface area (Å²) in [6.45, 7) is 0. The van der Waals surface area contributed by atoms with Crippen LogP contribution in [0.5, 0.6) is 11.5 Å². The number of nitrogens with zero attached hydrogens (tertiary/aromatic N) is 1. The van der Waals surface area contributed by atoms with Gasteiger partial charge in [0.1, 0.15) is 17.5 Å². The summed E-state index contributed by atoms with van der Waals surface area (Å²) < 4.78 is 10.6. The summed E-state index contributed by atoms with van der Waals surface area (Å²) in [6, 6.07) is 13.4. The second-order valence-electron chi connectivity index (χ2n) is 5.00. The second kappa shape index (κ2) is 8.23. The molecular weight excluding hydrogens is 328 g/mol. The van der Waals surface area contributed by atoms with E-state index < -0.39 is 6.04 Å². The van der Waals surface area contributed by atoms with Crippen LogP contribution in [0.4, 0.5) is 0 Å². The number of hydrogen-bond acceptors (Lipinski definition) is 4. The zero-order valence-corrected chi connectivity index (χ0v) is 14.1. The molecule has 2 aromatic rings. The molecule has 1 atom stereocenters. The van der Waals surface area contributed by atoms with E-state index in [2.05, 4.69) is 11.4 Å². The fraction of sp³-hybridized carbons (Fsp3) is 0.222. The number of halogens is 1. The first-order chi connectivity index (χ1) is 11.6. The van der Waals surface area contributed by atoms with Crippen LogP contribution in [0, 0.1) is 11.3 Å². The van der Waals surface area contributed by atoms with Crippen molar-refractivity contribution in [1.29, 1.82) is 5.26 Å². The largest absolute Gasteiger partial charge is 0.496 e. The Morgan fingerprint density at radius 3 is 2.38 bits per heavy atom. The van der Waals surface area contributed by atoms with Crippen LogP contribution in [0.25, 0.3) is 0 Å². The Hall–Kier alpha value is -2.71. The van der Waals surface area contributed by atoms with Crippen molar-refractivity contribution in [2.75, 3.05) is 14.2 Å². The van der Waals surface area contributed by atoms with Crippen molar-refractivity contribution in [3.8, 4) is 17.6 Å². The lowest BCUT2D eigenvalue weighted by Crippen LogP contribution is -2.29. The highest BCUT2D eigenvalue weighted by atomic mass is 35.5. The number of benzene rings is 2. The van der Waals surface area contributed by atoms with Gasteiger partial charge in [-0.25, -0.2) is 0 Å². The molecule has 0 heterocycles. The highest BCUT2D eigenvalue weighted by Crippen LogP contribution is 2.29. The summed E-state index contributed by atoms with van der Waals surface area (Å²) in [5, 5.41) is 12.5. The van der Waals surface area contributed by atoms with Gasteiger partial charge in [0, 0.05) is 10.6 Å². The summed E-state index contributed by atoms with van der Waals surface area (Å²) in [6.07, 6.45) is 0.0337. The monoisotopic (exact) mass is 344 g/mol. The minimum absolute atomic E-state index is 0.0337. The van der Waals surface area contributed by atoms with Gasteiger partial charge >= 0.3 is 0 Å². The predicted molar refractivity (Wildman–Crippen MR) is 91.2 cm³/mol. The van der Waals surface area contributed by atoms with Gasteiger partial charge in [-0.2, -0.15) is 5.26 Å². The summed E-state index contributed by atoms with van der Waals surface area (Å²) >= 11 is 5.94. The number of ether oxygens (including phenoxy) is 2. The van der Waals surface area contributed by atoms with Gasteiger partial charge in [-0.15, -0.1) is 0 Å². The molecule has 0 aliphatic carbocycles. The number of nitrogens with one attached hydrogen (secondary N) is 1. The summed E-state index contributed by atoms with van der Waals surface area (Å²) in [4.78, 5) is 12.4. The summed E-state index contributed by atoms with van der Waals surface area (Å²) in [5.41, 5.74) is 1.26. The average molecular weight is 345 g/mol. The molecule has 2 aromatic carbocycles. The van der Waals surface area contributed by atoms with Crippen LogP contribution < -0.4 is 14.8 Å². The van der Waals surface area contributed by atoms with Gasteiger partial charge in [-0.05, 0) is 29.8 Å². The number of methoxy groups -OCH3 is 2. The normalized spacial score (nSPS) is 11.2. The molecular formula is C18H17ClN2O3. The van der Waals surface area contributed by atoms with E-state index in [1.165, 1.54) is 14.2 Å². The van der Waals surface area contributed by atoms with E-state index in [1.54, 1.807) is 42.5 Å². The van der Waals surface area contributed by atoms with Crippen molar-refractivity contribution in [3.63, 3.8) is 0 Å². The van der Waals surface area contributed by atoms with Crippen molar-refractivity contribution >= 4 is 17.5 Å². The number of hydrogen-bond donors (Lipinski definition) is 1. The van der Waals surface area contributed by atoms with E-state index >= 15 is 0 Å². The molecule has 0 unspecified atom stereocenters. The van der Waals surface area contributed by atoms with Crippen LogP contribution in [0.15, 0.2) is 42.5 Å². The molecule has 0 radical (unpaired) electrons. The van der Waals surface area contributed by atoms with Crippen LogP contribution in [0.3, 0.4) is 0 Å². The Bertz CT molecular complexity index is 749. The summed E-state index contributed by atoms with van der Waals surface area (Å²) in [5.74, 6) is 0.797. The third-order valence-corrected chi connectivity index (χ3v) is 3.72. The molecule has 0 fully saturated rings. The second-order valence-corrected chi connectivity index (χ2v) is 5.44. The molecule has 124 valence electrons. The van der Waals surface area contributed by atoms with Crippen molar-refractivity contribution in [3.05, 3.63) is 58.6 Å². The lowest BCUT2D eigenvalue weighted by atomic mass is 10.1. The number of carbonyl (C=O) groups is 1. The van der Waals surface area contributed by atoms with Gasteiger partial charge in [0.15, 0.2) is 0 Å². The van der Waals surface area contributed by atoms with Crippen LogP contribution >= 0.6 is 11.6 Å². The number of carbonyl (C=O) groups excluding carboxylic acids is 1. The van der Waals surface area contributed by atoms with E-state index in [0.717, 1.165) is 0 Å². The standard InChI is InChI=1S/C18H17ClN2O3/c1-23-16-7-4-8-17(24-2)14(16)10-18(22)21-15(11-20)12-5-3-6-13(19)9-12/h3-9,15H,10H2,1-2H3,(H,21,22)/t15-/m0/s1. The van der Waals surface area contributed by atoms with Crippen molar-refractivity contribution in [2.45, 2.75) is 12.5 Å². The molecule has 0 spiro atoms. The molecule has 0 saturated carbocycles. The fourth-order valence-corrected chi connectivity index (χ4v) is 2.55. The van der Waals surface area contributed by atoms with E-state index in [4.69, 9.17) is 21.1 Å². The van der Waals surface area contributed by atoms with Crippen molar-refractivity contribution in [2.24, 2.45) is 0 Å². The molecule has 0 aliphatic heterocycles. The third kappa shape index (κ3) is 4.18. The zero-order valence-electron chi connectivity index (χ0n) is 13.4. The maximum absolute atomic E-state index is 12.4. The topological polar surface area (TPSA) is 71.3 Å². The van der Waals surface area contributed by atoms with Crippen LogP contribution in [0.1, 0.15) is 17.2 Å². The van der Waals surface area contributed by atoms with Crippen molar-refractivity contribution < 1.29 is 14.3 Å². The first-order valence-corrected chi connectivity index (χ1v) is 7.61.